The average Bonchev–Trinajstić information content (AvgIpc) is 2.82. The fourth-order valence-electron chi connectivity index (χ4n) is 2.67. The fourth-order valence-corrected chi connectivity index (χ4v) is 2.67. The number of rotatable bonds is 2. The van der Waals surface area contributed by atoms with Gasteiger partial charge in [0.15, 0.2) is 0 Å². The molecule has 118 valence electrons. The Morgan fingerprint density at radius 1 is 0.957 bits per heavy atom. The lowest BCUT2D eigenvalue weighted by atomic mass is 9.96. The Morgan fingerprint density at radius 2 is 1.65 bits per heavy atom. The molecule has 1 fully saturated rings. The molecule has 1 aliphatic heterocycles. The maximum Gasteiger partial charge on any atom is 0.416 e. The van der Waals surface area contributed by atoms with Crippen molar-refractivity contribution in [3.05, 3.63) is 65.7 Å². The van der Waals surface area contributed by atoms with Crippen molar-refractivity contribution in [1.29, 1.82) is 0 Å². The van der Waals surface area contributed by atoms with Crippen LogP contribution in [0.2, 0.25) is 0 Å². The highest BCUT2D eigenvalue weighted by molar-refractivity contribution is 6.22. The van der Waals surface area contributed by atoms with E-state index in [9.17, 15) is 22.8 Å². The van der Waals surface area contributed by atoms with Gasteiger partial charge >= 0.3 is 6.18 Å². The third-order valence-corrected chi connectivity index (χ3v) is 3.78. The molecule has 0 spiro atoms. The van der Waals surface area contributed by atoms with Gasteiger partial charge in [-0.25, -0.2) is 0 Å². The third kappa shape index (κ3) is 2.84. The predicted molar refractivity (Wildman–Crippen MR) is 77.7 cm³/mol. The van der Waals surface area contributed by atoms with E-state index >= 15 is 0 Å². The molecular formula is C17H12F3NO2. The zero-order valence-corrected chi connectivity index (χ0v) is 11.9. The smallest absolute Gasteiger partial charge is 0.274 e. The summed E-state index contributed by atoms with van der Waals surface area (Å²) in [6.45, 7) is 0. The number of hydrogen-bond donors (Lipinski definition) is 0. The Hall–Kier alpha value is -2.63. The first-order valence-corrected chi connectivity index (χ1v) is 6.97. The monoisotopic (exact) mass is 319 g/mol. The number of para-hydroxylation sites is 1. The minimum Gasteiger partial charge on any atom is -0.274 e. The van der Waals surface area contributed by atoms with Crippen molar-refractivity contribution in [3.63, 3.8) is 0 Å². The number of nitrogens with zero attached hydrogens (tertiary/aromatic N) is 1. The van der Waals surface area contributed by atoms with E-state index < -0.39 is 29.5 Å². The Kier molecular flexibility index (Phi) is 3.67. The number of carbonyl (C=O) groups is 2. The minimum absolute atomic E-state index is 0.130. The zero-order chi connectivity index (χ0) is 16.6. The van der Waals surface area contributed by atoms with Crippen molar-refractivity contribution >= 4 is 17.5 Å². The molecular weight excluding hydrogens is 307 g/mol. The van der Waals surface area contributed by atoms with Crippen molar-refractivity contribution in [1.82, 2.24) is 0 Å². The van der Waals surface area contributed by atoms with Crippen LogP contribution in [0.3, 0.4) is 0 Å². The van der Waals surface area contributed by atoms with Crippen molar-refractivity contribution in [2.24, 2.45) is 0 Å². The lowest BCUT2D eigenvalue weighted by molar-refractivity contribution is -0.137. The van der Waals surface area contributed by atoms with Crippen molar-refractivity contribution in [2.75, 3.05) is 4.90 Å². The number of halogens is 3. The summed E-state index contributed by atoms with van der Waals surface area (Å²) in [4.78, 5) is 25.7. The van der Waals surface area contributed by atoms with E-state index in [0.717, 1.165) is 17.0 Å². The molecule has 1 saturated heterocycles. The van der Waals surface area contributed by atoms with E-state index in [0.29, 0.717) is 5.69 Å². The molecule has 3 nitrogen and oxygen atoms in total. The Morgan fingerprint density at radius 3 is 2.30 bits per heavy atom. The van der Waals surface area contributed by atoms with Gasteiger partial charge in [-0.3, -0.25) is 14.5 Å². The summed E-state index contributed by atoms with van der Waals surface area (Å²) in [6.07, 6.45) is -4.62. The number of carbonyl (C=O) groups excluding carboxylic acids is 2. The van der Waals surface area contributed by atoms with Crippen LogP contribution < -0.4 is 4.90 Å². The van der Waals surface area contributed by atoms with E-state index in [1.165, 1.54) is 12.1 Å². The second kappa shape index (κ2) is 5.53. The molecule has 6 heteroatoms. The molecule has 2 aromatic rings. The van der Waals surface area contributed by atoms with Gasteiger partial charge in [0.2, 0.25) is 11.8 Å². The standard InChI is InChI=1S/C17H12F3NO2/c18-17(19,20)12-6-4-5-11(9-12)14-10-15(22)21(16(14)23)13-7-2-1-3-8-13/h1-9,14H,10H2. The summed E-state index contributed by atoms with van der Waals surface area (Å²) in [5.74, 6) is -1.80. The SMILES string of the molecule is O=C1CC(c2cccc(C(F)(F)F)c2)C(=O)N1c1ccccc1. The Labute approximate surface area is 130 Å². The fraction of sp³-hybridized carbons (Fsp3) is 0.176. The minimum atomic E-state index is -4.49. The van der Waals surface area contributed by atoms with Crippen molar-refractivity contribution in [3.8, 4) is 0 Å². The molecule has 1 heterocycles. The predicted octanol–water partition coefficient (Wildman–Crippen LogP) is 3.75. The molecule has 0 bridgehead atoms. The highest BCUT2D eigenvalue weighted by Crippen LogP contribution is 2.36. The lowest BCUT2D eigenvalue weighted by Gasteiger charge is -2.15. The molecule has 2 amide bonds. The van der Waals surface area contributed by atoms with Crippen LogP contribution in [0.4, 0.5) is 18.9 Å². The van der Waals surface area contributed by atoms with Gasteiger partial charge in [0.1, 0.15) is 0 Å². The summed E-state index contributed by atoms with van der Waals surface area (Å²) in [5, 5.41) is 0. The van der Waals surface area contributed by atoms with Crippen molar-refractivity contribution < 1.29 is 22.8 Å². The van der Waals surface area contributed by atoms with Gasteiger partial charge in [-0.15, -0.1) is 0 Å². The molecule has 0 aliphatic carbocycles. The maximum absolute atomic E-state index is 12.8. The zero-order valence-electron chi connectivity index (χ0n) is 11.9. The van der Waals surface area contributed by atoms with Crippen LogP contribution in [0.15, 0.2) is 54.6 Å². The maximum atomic E-state index is 12.8. The van der Waals surface area contributed by atoms with Gasteiger partial charge in [0.05, 0.1) is 17.2 Å². The topological polar surface area (TPSA) is 37.4 Å². The number of imide groups is 1. The highest BCUT2D eigenvalue weighted by atomic mass is 19.4. The quantitative estimate of drug-likeness (QED) is 0.791. The largest absolute Gasteiger partial charge is 0.416 e. The first-order chi connectivity index (χ1) is 10.9. The third-order valence-electron chi connectivity index (χ3n) is 3.78. The van der Waals surface area contributed by atoms with E-state index in [1.807, 2.05) is 0 Å². The summed E-state index contributed by atoms with van der Waals surface area (Å²) in [7, 11) is 0. The summed E-state index contributed by atoms with van der Waals surface area (Å²) < 4.78 is 38.4. The Balaban J connectivity index is 1.94. The van der Waals surface area contributed by atoms with Crippen LogP contribution in [-0.2, 0) is 15.8 Å². The van der Waals surface area contributed by atoms with Gasteiger partial charge in [-0.2, -0.15) is 13.2 Å². The molecule has 23 heavy (non-hydrogen) atoms. The summed E-state index contributed by atoms with van der Waals surface area (Å²) in [5.41, 5.74) is -0.193. The van der Waals surface area contributed by atoms with Gasteiger partial charge in [-0.1, -0.05) is 36.4 Å². The number of anilines is 1. The number of hydrogen-bond acceptors (Lipinski definition) is 2. The first kappa shape index (κ1) is 15.3. The second-order valence-corrected chi connectivity index (χ2v) is 5.28. The first-order valence-electron chi connectivity index (χ1n) is 6.97. The molecule has 1 aliphatic rings. The average molecular weight is 319 g/mol. The molecule has 0 radical (unpaired) electrons. The highest BCUT2D eigenvalue weighted by Gasteiger charge is 2.41. The summed E-state index contributed by atoms with van der Waals surface area (Å²) in [6, 6.07) is 12.9. The normalized spacial score (nSPS) is 18.6. The molecule has 1 unspecified atom stereocenters. The van der Waals surface area contributed by atoms with Gasteiger partial charge in [-0.05, 0) is 23.8 Å². The molecule has 3 rings (SSSR count). The van der Waals surface area contributed by atoms with Crippen LogP contribution in [-0.4, -0.2) is 11.8 Å². The van der Waals surface area contributed by atoms with Gasteiger partial charge < -0.3 is 0 Å². The van der Waals surface area contributed by atoms with Gasteiger partial charge in [0, 0.05) is 6.42 Å². The van der Waals surface area contributed by atoms with Crippen molar-refractivity contribution in [2.45, 2.75) is 18.5 Å². The Bertz CT molecular complexity index is 756. The molecule has 2 aromatic carbocycles. The summed E-state index contributed by atoms with van der Waals surface area (Å²) >= 11 is 0. The molecule has 0 aromatic heterocycles. The van der Waals surface area contributed by atoms with E-state index in [2.05, 4.69) is 0 Å². The van der Waals surface area contributed by atoms with Crippen LogP contribution in [0, 0.1) is 0 Å². The van der Waals surface area contributed by atoms with Crippen LogP contribution in [0.5, 0.6) is 0 Å². The second-order valence-electron chi connectivity index (χ2n) is 5.28. The lowest BCUT2D eigenvalue weighted by Crippen LogP contribution is -2.29. The number of amides is 2. The molecule has 0 saturated carbocycles. The molecule has 0 N–H and O–H groups in total. The van der Waals surface area contributed by atoms with E-state index in [-0.39, 0.29) is 12.0 Å². The number of benzene rings is 2. The van der Waals surface area contributed by atoms with Crippen LogP contribution in [0.1, 0.15) is 23.5 Å². The number of alkyl halides is 3. The molecule has 1 atom stereocenters. The van der Waals surface area contributed by atoms with E-state index in [4.69, 9.17) is 0 Å². The van der Waals surface area contributed by atoms with Crippen LogP contribution in [0.25, 0.3) is 0 Å². The van der Waals surface area contributed by atoms with E-state index in [1.54, 1.807) is 30.3 Å². The van der Waals surface area contributed by atoms with Crippen LogP contribution >= 0.6 is 0 Å². The van der Waals surface area contributed by atoms with Gasteiger partial charge in [0.25, 0.3) is 0 Å².